The van der Waals surface area contributed by atoms with E-state index in [-0.39, 0.29) is 5.79 Å². The standard InChI is InChI=1S/C15H30N2O2/c1-4-5-6-9-17(3)14-12-15(18-10-11-19-15)8-7-13(14)16-2/h13-14,16H,4-12H2,1-3H3. The van der Waals surface area contributed by atoms with Gasteiger partial charge in [0, 0.05) is 24.9 Å². The second-order valence-electron chi connectivity index (χ2n) is 6.00. The zero-order chi connectivity index (χ0) is 13.7. The Hall–Kier alpha value is -0.160. The zero-order valence-corrected chi connectivity index (χ0v) is 12.8. The first-order valence-corrected chi connectivity index (χ1v) is 7.86. The van der Waals surface area contributed by atoms with Crippen molar-refractivity contribution in [3.05, 3.63) is 0 Å². The molecule has 0 bridgehead atoms. The van der Waals surface area contributed by atoms with Crippen LogP contribution in [0.5, 0.6) is 0 Å². The van der Waals surface area contributed by atoms with Crippen molar-refractivity contribution in [1.29, 1.82) is 0 Å². The molecule has 1 spiro atoms. The highest BCUT2D eigenvalue weighted by Gasteiger charge is 2.45. The van der Waals surface area contributed by atoms with Crippen molar-refractivity contribution >= 4 is 0 Å². The largest absolute Gasteiger partial charge is 0.347 e. The summed E-state index contributed by atoms with van der Waals surface area (Å²) in [6.45, 7) is 4.95. The topological polar surface area (TPSA) is 33.7 Å². The van der Waals surface area contributed by atoms with Crippen molar-refractivity contribution in [3.63, 3.8) is 0 Å². The zero-order valence-electron chi connectivity index (χ0n) is 12.8. The minimum Gasteiger partial charge on any atom is -0.347 e. The van der Waals surface area contributed by atoms with Gasteiger partial charge in [0.05, 0.1) is 13.2 Å². The van der Waals surface area contributed by atoms with Crippen LogP contribution in [0.1, 0.15) is 45.4 Å². The van der Waals surface area contributed by atoms with Crippen LogP contribution in [0.2, 0.25) is 0 Å². The summed E-state index contributed by atoms with van der Waals surface area (Å²) in [5.41, 5.74) is 0. The minimum absolute atomic E-state index is 0.281. The monoisotopic (exact) mass is 270 g/mol. The highest BCUT2D eigenvalue weighted by Crippen LogP contribution is 2.37. The predicted octanol–water partition coefficient (Wildman–Crippen LogP) is 1.99. The summed E-state index contributed by atoms with van der Waals surface area (Å²) in [6, 6.07) is 1.08. The lowest BCUT2D eigenvalue weighted by molar-refractivity contribution is -0.192. The van der Waals surface area contributed by atoms with Crippen LogP contribution in [0.15, 0.2) is 0 Å². The molecule has 112 valence electrons. The first-order chi connectivity index (χ1) is 9.21. The Bertz CT molecular complexity index is 267. The van der Waals surface area contributed by atoms with Gasteiger partial charge in [-0.05, 0) is 33.5 Å². The quantitative estimate of drug-likeness (QED) is 0.749. The van der Waals surface area contributed by atoms with Gasteiger partial charge in [-0.1, -0.05) is 19.8 Å². The van der Waals surface area contributed by atoms with Crippen molar-refractivity contribution in [2.24, 2.45) is 0 Å². The van der Waals surface area contributed by atoms with Crippen molar-refractivity contribution in [3.8, 4) is 0 Å². The second kappa shape index (κ2) is 7.02. The summed E-state index contributed by atoms with van der Waals surface area (Å²) in [5.74, 6) is -0.281. The fraction of sp³-hybridized carbons (Fsp3) is 1.00. The molecule has 1 aliphatic heterocycles. The number of rotatable bonds is 6. The van der Waals surface area contributed by atoms with E-state index in [0.717, 1.165) is 32.5 Å². The molecule has 2 rings (SSSR count). The van der Waals surface area contributed by atoms with E-state index in [1.165, 1.54) is 25.8 Å². The van der Waals surface area contributed by atoms with Crippen LogP contribution in [-0.4, -0.2) is 56.6 Å². The van der Waals surface area contributed by atoms with Crippen LogP contribution < -0.4 is 5.32 Å². The Kier molecular flexibility index (Phi) is 5.63. The van der Waals surface area contributed by atoms with Crippen LogP contribution in [0.4, 0.5) is 0 Å². The van der Waals surface area contributed by atoms with Gasteiger partial charge >= 0.3 is 0 Å². The molecule has 0 aromatic rings. The van der Waals surface area contributed by atoms with E-state index < -0.39 is 0 Å². The Morgan fingerprint density at radius 1 is 1.26 bits per heavy atom. The van der Waals surface area contributed by atoms with Crippen molar-refractivity contribution in [2.75, 3.05) is 33.9 Å². The molecule has 0 radical (unpaired) electrons. The molecule has 4 nitrogen and oxygen atoms in total. The molecule has 2 unspecified atom stereocenters. The molecule has 1 heterocycles. The first-order valence-electron chi connectivity index (χ1n) is 7.86. The van der Waals surface area contributed by atoms with E-state index in [1.54, 1.807) is 0 Å². The average molecular weight is 270 g/mol. The third-order valence-electron chi connectivity index (χ3n) is 4.69. The summed E-state index contributed by atoms with van der Waals surface area (Å²) in [4.78, 5) is 2.50. The maximum absolute atomic E-state index is 5.90. The highest BCUT2D eigenvalue weighted by atomic mass is 16.7. The predicted molar refractivity (Wildman–Crippen MR) is 77.3 cm³/mol. The fourth-order valence-electron chi connectivity index (χ4n) is 3.47. The maximum Gasteiger partial charge on any atom is 0.170 e. The van der Waals surface area contributed by atoms with Crippen molar-refractivity contribution in [2.45, 2.75) is 63.3 Å². The minimum atomic E-state index is -0.281. The molecule has 0 aromatic carbocycles. The normalized spacial score (nSPS) is 30.3. The lowest BCUT2D eigenvalue weighted by Gasteiger charge is -2.44. The molecule has 1 aliphatic carbocycles. The highest BCUT2D eigenvalue weighted by molar-refractivity contribution is 4.95. The lowest BCUT2D eigenvalue weighted by Crippen LogP contribution is -2.56. The van der Waals surface area contributed by atoms with Gasteiger partial charge in [-0.2, -0.15) is 0 Å². The van der Waals surface area contributed by atoms with E-state index in [9.17, 15) is 0 Å². The molecule has 1 saturated heterocycles. The van der Waals surface area contributed by atoms with Gasteiger partial charge in [-0.15, -0.1) is 0 Å². The van der Waals surface area contributed by atoms with Crippen molar-refractivity contribution < 1.29 is 9.47 Å². The SMILES string of the molecule is CCCCCN(C)C1CC2(CCC1NC)OCCO2. The van der Waals surface area contributed by atoms with E-state index >= 15 is 0 Å². The van der Waals surface area contributed by atoms with Crippen molar-refractivity contribution in [1.82, 2.24) is 10.2 Å². The number of likely N-dealkylation sites (N-methyl/N-ethyl adjacent to an activating group) is 2. The second-order valence-corrected chi connectivity index (χ2v) is 6.00. The molecule has 2 atom stereocenters. The lowest BCUT2D eigenvalue weighted by atomic mass is 9.84. The van der Waals surface area contributed by atoms with E-state index in [2.05, 4.69) is 31.2 Å². The molecule has 1 N–H and O–H groups in total. The summed E-state index contributed by atoms with van der Waals surface area (Å²) in [7, 11) is 4.32. The summed E-state index contributed by atoms with van der Waals surface area (Å²) < 4.78 is 11.8. The molecule has 4 heteroatoms. The molecule has 2 aliphatic rings. The van der Waals surface area contributed by atoms with Crippen LogP contribution >= 0.6 is 0 Å². The van der Waals surface area contributed by atoms with Gasteiger partial charge in [0.25, 0.3) is 0 Å². The van der Waals surface area contributed by atoms with E-state index in [4.69, 9.17) is 9.47 Å². The molecule has 19 heavy (non-hydrogen) atoms. The van der Waals surface area contributed by atoms with E-state index in [0.29, 0.717) is 12.1 Å². The van der Waals surface area contributed by atoms with Gasteiger partial charge in [-0.25, -0.2) is 0 Å². The van der Waals surface area contributed by atoms with Gasteiger partial charge in [0.2, 0.25) is 0 Å². The van der Waals surface area contributed by atoms with Gasteiger partial charge in [0.15, 0.2) is 5.79 Å². The fourth-order valence-corrected chi connectivity index (χ4v) is 3.47. The Labute approximate surface area is 117 Å². The molecule has 1 saturated carbocycles. The third-order valence-corrected chi connectivity index (χ3v) is 4.69. The number of hydrogen-bond donors (Lipinski definition) is 1. The molecular weight excluding hydrogens is 240 g/mol. The molecule has 2 fully saturated rings. The molecular formula is C15H30N2O2. The van der Waals surface area contributed by atoms with Gasteiger partial charge in [-0.3, -0.25) is 0 Å². The summed E-state index contributed by atoms with van der Waals surface area (Å²) >= 11 is 0. The summed E-state index contributed by atoms with van der Waals surface area (Å²) in [5, 5.41) is 3.48. The first kappa shape index (κ1) is 15.2. The number of ether oxygens (including phenoxy) is 2. The smallest absolute Gasteiger partial charge is 0.170 e. The molecule has 0 aromatic heterocycles. The van der Waals surface area contributed by atoms with Crippen LogP contribution in [0.25, 0.3) is 0 Å². The number of nitrogens with zero attached hydrogens (tertiary/aromatic N) is 1. The number of hydrogen-bond acceptors (Lipinski definition) is 4. The molecule has 0 amide bonds. The average Bonchev–Trinajstić information content (AvgIpc) is 2.87. The van der Waals surface area contributed by atoms with Crippen LogP contribution in [0.3, 0.4) is 0 Å². The summed E-state index contributed by atoms with van der Waals surface area (Å²) in [6.07, 6.45) is 7.05. The van der Waals surface area contributed by atoms with Crippen LogP contribution in [0, 0.1) is 0 Å². The Morgan fingerprint density at radius 2 is 2.00 bits per heavy atom. The van der Waals surface area contributed by atoms with Gasteiger partial charge in [0.1, 0.15) is 0 Å². The van der Waals surface area contributed by atoms with Gasteiger partial charge < -0.3 is 19.7 Å². The number of nitrogens with one attached hydrogen (secondary N) is 1. The van der Waals surface area contributed by atoms with Crippen LogP contribution in [-0.2, 0) is 9.47 Å². The third kappa shape index (κ3) is 3.69. The Morgan fingerprint density at radius 3 is 2.63 bits per heavy atom. The Balaban J connectivity index is 1.93. The number of unbranched alkanes of at least 4 members (excludes halogenated alkanes) is 2. The maximum atomic E-state index is 5.90. The van der Waals surface area contributed by atoms with E-state index in [1.807, 2.05) is 0 Å².